The number of hydrazine groups is 1. The van der Waals surface area contributed by atoms with Crippen LogP contribution in [0, 0.1) is 40.7 Å². The highest BCUT2D eigenvalue weighted by Gasteiger charge is 2.70. The van der Waals surface area contributed by atoms with Crippen LogP contribution in [0.3, 0.4) is 0 Å². The number of ether oxygens (including phenoxy) is 1. The van der Waals surface area contributed by atoms with Crippen molar-refractivity contribution in [1.29, 1.82) is 0 Å². The second kappa shape index (κ2) is 12.6. The fourth-order valence-corrected chi connectivity index (χ4v) is 9.26. The number of aromatic hydroxyl groups is 1. The van der Waals surface area contributed by atoms with Crippen LogP contribution in [0.25, 0.3) is 0 Å². The number of nitrogens with one attached hydrogen (secondary N) is 1. The summed E-state index contributed by atoms with van der Waals surface area (Å²) in [5, 5.41) is 23.4. The lowest BCUT2D eigenvalue weighted by atomic mass is 9.49. The topological polar surface area (TPSA) is 159 Å². The van der Waals surface area contributed by atoms with Crippen molar-refractivity contribution in [3.05, 3.63) is 134 Å². The number of carbonyl (C=O) groups excluding carboxylic acids is 4. The van der Waals surface area contributed by atoms with Crippen molar-refractivity contribution in [2.75, 3.05) is 17.4 Å². The third-order valence-electron chi connectivity index (χ3n) is 11.3. The Hall–Kier alpha value is -6.01. The molecule has 53 heavy (non-hydrogen) atoms. The number of amides is 4. The van der Waals surface area contributed by atoms with Crippen LogP contribution in [0.5, 0.6) is 11.5 Å². The van der Waals surface area contributed by atoms with E-state index in [0.29, 0.717) is 22.4 Å². The minimum absolute atomic E-state index is 0.0362. The molecule has 2 saturated heterocycles. The van der Waals surface area contributed by atoms with E-state index in [1.54, 1.807) is 48.5 Å². The van der Waals surface area contributed by atoms with E-state index in [9.17, 15) is 29.6 Å². The monoisotopic (exact) mass is 732 g/mol. The van der Waals surface area contributed by atoms with Crippen molar-refractivity contribution in [1.82, 2.24) is 5.01 Å². The number of anilines is 2. The number of phenols is 1. The first-order chi connectivity index (χ1) is 25.5. The summed E-state index contributed by atoms with van der Waals surface area (Å²) in [6.45, 7) is 1.93. The zero-order valence-corrected chi connectivity index (χ0v) is 29.3. The highest BCUT2D eigenvalue weighted by Crippen LogP contribution is 2.64. The average Bonchev–Trinajstić information content (AvgIpc) is 3.54. The molecule has 4 amide bonds. The van der Waals surface area contributed by atoms with Crippen LogP contribution in [0.2, 0.25) is 5.02 Å². The number of fused-ring (bicyclic) bond motifs is 4. The molecule has 2 N–H and O–H groups in total. The number of nitro groups is 1. The predicted molar refractivity (Wildman–Crippen MR) is 194 cm³/mol. The Bertz CT molecular complexity index is 2260. The summed E-state index contributed by atoms with van der Waals surface area (Å²) in [7, 11) is 1.38. The molecule has 4 aliphatic rings. The van der Waals surface area contributed by atoms with Crippen molar-refractivity contribution in [3.63, 3.8) is 0 Å². The van der Waals surface area contributed by atoms with Gasteiger partial charge in [-0.1, -0.05) is 77.3 Å². The van der Waals surface area contributed by atoms with Crippen LogP contribution >= 0.6 is 11.6 Å². The van der Waals surface area contributed by atoms with Gasteiger partial charge in [-0.15, -0.1) is 0 Å². The standard InChI is InChI=1S/C40H33ClN4O8/c1-21-11-13-24(14-12-21)42-44-37(48)30-20-29-27(15-16-28-33(29)38(49)43(36(28)47)25-9-6-10-26(19-25)45(51)52)34(22-17-31(41)35(46)32(18-22)53-2)40(30,39(44)50)23-7-4-3-5-8-23/h3-15,17-19,28-30,33-34,42,46H,16,20H2,1-2H3/t28-,29+,30-,33-,34-,40+/m0/s1. The number of aryl methyl sites for hydroxylation is 1. The van der Waals surface area contributed by atoms with Crippen LogP contribution in [-0.4, -0.2) is 45.8 Å². The number of nitro benzene ring substituents is 1. The van der Waals surface area contributed by atoms with E-state index in [0.717, 1.165) is 15.5 Å². The Morgan fingerprint density at radius 3 is 2.36 bits per heavy atom. The van der Waals surface area contributed by atoms with Gasteiger partial charge in [-0.05, 0) is 67.1 Å². The molecule has 2 aliphatic heterocycles. The fraction of sp³-hybridized carbons (Fsp3) is 0.250. The van der Waals surface area contributed by atoms with Crippen LogP contribution in [0.15, 0.2) is 103 Å². The number of hydrogen-bond acceptors (Lipinski definition) is 9. The second-order valence-electron chi connectivity index (χ2n) is 13.9. The number of nitrogens with zero attached hydrogens (tertiary/aromatic N) is 3. The molecule has 268 valence electrons. The second-order valence-corrected chi connectivity index (χ2v) is 14.3. The highest BCUT2D eigenvalue weighted by molar-refractivity contribution is 6.32. The number of phenolic OH excluding ortho intramolecular Hbond substituents is 1. The lowest BCUT2D eigenvalue weighted by Gasteiger charge is -2.50. The van der Waals surface area contributed by atoms with E-state index >= 15 is 4.79 Å². The number of carbonyl (C=O) groups is 4. The molecule has 3 fully saturated rings. The molecule has 13 heteroatoms. The molecule has 4 aromatic rings. The van der Waals surface area contributed by atoms with E-state index < -0.39 is 63.6 Å². The number of methoxy groups -OCH3 is 1. The minimum Gasteiger partial charge on any atom is -0.503 e. The molecule has 2 aliphatic carbocycles. The summed E-state index contributed by atoms with van der Waals surface area (Å²) in [6.07, 6.45) is 2.09. The first-order valence-electron chi connectivity index (χ1n) is 17.1. The molecule has 0 unspecified atom stereocenters. The molecule has 0 radical (unpaired) electrons. The van der Waals surface area contributed by atoms with E-state index in [-0.39, 0.29) is 40.7 Å². The van der Waals surface area contributed by atoms with Crippen molar-refractivity contribution < 1.29 is 33.9 Å². The molecule has 0 aromatic heterocycles. The minimum atomic E-state index is -1.55. The Morgan fingerprint density at radius 1 is 0.925 bits per heavy atom. The zero-order valence-electron chi connectivity index (χ0n) is 28.6. The van der Waals surface area contributed by atoms with Gasteiger partial charge in [0.2, 0.25) is 11.8 Å². The van der Waals surface area contributed by atoms with Gasteiger partial charge in [-0.25, -0.2) is 4.90 Å². The van der Waals surface area contributed by atoms with Gasteiger partial charge >= 0.3 is 0 Å². The maximum atomic E-state index is 15.3. The average molecular weight is 733 g/mol. The Balaban J connectivity index is 1.33. The van der Waals surface area contributed by atoms with Gasteiger partial charge in [0.1, 0.15) is 0 Å². The smallest absolute Gasteiger partial charge is 0.271 e. The first-order valence-corrected chi connectivity index (χ1v) is 17.5. The molecular weight excluding hydrogens is 700 g/mol. The van der Waals surface area contributed by atoms with E-state index in [1.165, 1.54) is 31.4 Å². The molecule has 2 heterocycles. The Labute approximate surface area is 308 Å². The van der Waals surface area contributed by atoms with Gasteiger partial charge < -0.3 is 9.84 Å². The molecule has 12 nitrogen and oxygen atoms in total. The number of imide groups is 2. The lowest BCUT2D eigenvalue weighted by molar-refractivity contribution is -0.384. The number of hydrogen-bond donors (Lipinski definition) is 2. The predicted octanol–water partition coefficient (Wildman–Crippen LogP) is 6.46. The van der Waals surface area contributed by atoms with Crippen LogP contribution in [-0.2, 0) is 24.6 Å². The molecule has 1 saturated carbocycles. The Morgan fingerprint density at radius 2 is 1.66 bits per heavy atom. The van der Waals surface area contributed by atoms with Crippen LogP contribution in [0.4, 0.5) is 17.1 Å². The maximum absolute atomic E-state index is 15.3. The molecule has 6 atom stereocenters. The van der Waals surface area contributed by atoms with Gasteiger partial charge in [0.05, 0.1) is 51.6 Å². The quantitative estimate of drug-likeness (QED) is 0.0941. The van der Waals surface area contributed by atoms with Crippen molar-refractivity contribution in [2.24, 2.45) is 23.7 Å². The normalized spacial score (nSPS) is 26.2. The molecular formula is C40H33ClN4O8. The van der Waals surface area contributed by atoms with Crippen molar-refractivity contribution >= 4 is 52.3 Å². The summed E-state index contributed by atoms with van der Waals surface area (Å²) in [6, 6.07) is 24.8. The SMILES string of the molecule is COc1cc([C@H]2C3=CC[C@@H]4C(=O)N(c5cccc([N+](=O)[O-])c5)C(=O)[C@@H]4[C@@H]3C[C@H]3C(=O)N(Nc4ccc(C)cc4)C(=O)[C@@]23c2ccccc2)cc(Cl)c1O. The third-order valence-corrected chi connectivity index (χ3v) is 11.6. The number of allylic oxidation sites excluding steroid dienone is 2. The van der Waals surface area contributed by atoms with Gasteiger partial charge in [0.25, 0.3) is 17.5 Å². The zero-order chi connectivity index (χ0) is 37.3. The lowest BCUT2D eigenvalue weighted by Crippen LogP contribution is -2.53. The van der Waals surface area contributed by atoms with E-state index in [2.05, 4.69) is 5.43 Å². The number of rotatable bonds is 7. The number of halogens is 1. The van der Waals surface area contributed by atoms with Crippen molar-refractivity contribution in [2.45, 2.75) is 31.1 Å². The summed E-state index contributed by atoms with van der Waals surface area (Å²) in [5.41, 5.74) is 4.55. The van der Waals surface area contributed by atoms with Crippen LogP contribution < -0.4 is 15.1 Å². The van der Waals surface area contributed by atoms with Gasteiger partial charge in [-0.2, -0.15) is 5.01 Å². The first kappa shape index (κ1) is 34.1. The molecule has 8 rings (SSSR count). The molecule has 0 spiro atoms. The Kier molecular flexibility index (Phi) is 8.10. The van der Waals surface area contributed by atoms with Crippen LogP contribution in [0.1, 0.15) is 35.4 Å². The molecule has 0 bridgehead atoms. The summed E-state index contributed by atoms with van der Waals surface area (Å²) >= 11 is 6.62. The summed E-state index contributed by atoms with van der Waals surface area (Å²) in [5.74, 6) is -6.61. The van der Waals surface area contributed by atoms with E-state index in [1.807, 2.05) is 31.2 Å². The fourth-order valence-electron chi connectivity index (χ4n) is 9.04. The van der Waals surface area contributed by atoms with Gasteiger partial charge in [0, 0.05) is 18.1 Å². The third kappa shape index (κ3) is 5.03. The summed E-state index contributed by atoms with van der Waals surface area (Å²) < 4.78 is 5.51. The number of benzene rings is 4. The van der Waals surface area contributed by atoms with Crippen molar-refractivity contribution in [3.8, 4) is 11.5 Å². The van der Waals surface area contributed by atoms with E-state index in [4.69, 9.17) is 16.3 Å². The maximum Gasteiger partial charge on any atom is 0.271 e. The van der Waals surface area contributed by atoms with Gasteiger partial charge in [-0.3, -0.25) is 34.7 Å². The molecule has 4 aromatic carbocycles. The largest absolute Gasteiger partial charge is 0.503 e. The number of non-ortho nitro benzene ring substituents is 1. The van der Waals surface area contributed by atoms with Gasteiger partial charge in [0.15, 0.2) is 11.5 Å². The highest BCUT2D eigenvalue weighted by atomic mass is 35.5. The summed E-state index contributed by atoms with van der Waals surface area (Å²) in [4.78, 5) is 70.7.